The number of hydrogen-bond acceptors (Lipinski definition) is 5. The van der Waals surface area contributed by atoms with Crippen molar-refractivity contribution >= 4 is 23.4 Å². The van der Waals surface area contributed by atoms with Gasteiger partial charge in [-0.25, -0.2) is 0 Å². The van der Waals surface area contributed by atoms with Crippen LogP contribution >= 0.6 is 11.8 Å². The first-order valence-electron chi connectivity index (χ1n) is 3.48. The molecular weight excluding hydrogens is 178 g/mol. The lowest BCUT2D eigenvalue weighted by atomic mass is 10.3. The summed E-state index contributed by atoms with van der Waals surface area (Å²) in [7, 11) is 0. The number of thioether (sulfide) groups is 1. The molecule has 70 valence electrons. The van der Waals surface area contributed by atoms with Gasteiger partial charge in [0.15, 0.2) is 11.4 Å². The van der Waals surface area contributed by atoms with Crippen molar-refractivity contribution in [2.45, 2.75) is 19.1 Å². The van der Waals surface area contributed by atoms with Gasteiger partial charge in [0.2, 0.25) is 0 Å². The standard InChI is InChI=1S/C6H13N3O2S/c7-5(11-4-10)2-1-3-12-6(8)9/h4-5H,1-3,7H2,(H3,8,9). The Morgan fingerprint density at radius 3 is 2.92 bits per heavy atom. The molecule has 5 nitrogen and oxygen atoms in total. The van der Waals surface area contributed by atoms with Crippen molar-refractivity contribution in [2.75, 3.05) is 5.75 Å². The fraction of sp³-hybridized carbons (Fsp3) is 0.667. The highest BCUT2D eigenvalue weighted by Gasteiger charge is 2.01. The van der Waals surface area contributed by atoms with Crippen LogP contribution in [0.4, 0.5) is 0 Å². The molecule has 0 amide bonds. The highest BCUT2D eigenvalue weighted by molar-refractivity contribution is 8.13. The van der Waals surface area contributed by atoms with Crippen molar-refractivity contribution in [2.24, 2.45) is 11.5 Å². The lowest BCUT2D eigenvalue weighted by Crippen LogP contribution is -2.23. The topological polar surface area (TPSA) is 102 Å². The Morgan fingerprint density at radius 2 is 2.42 bits per heavy atom. The monoisotopic (exact) mass is 191 g/mol. The van der Waals surface area contributed by atoms with E-state index in [0.717, 1.165) is 12.2 Å². The van der Waals surface area contributed by atoms with Gasteiger partial charge in [-0.1, -0.05) is 11.8 Å². The molecule has 0 spiro atoms. The van der Waals surface area contributed by atoms with Gasteiger partial charge >= 0.3 is 0 Å². The molecule has 1 atom stereocenters. The van der Waals surface area contributed by atoms with Gasteiger partial charge in [-0.15, -0.1) is 0 Å². The summed E-state index contributed by atoms with van der Waals surface area (Å²) in [5.41, 5.74) is 10.4. The lowest BCUT2D eigenvalue weighted by Gasteiger charge is -2.07. The third-order valence-electron chi connectivity index (χ3n) is 1.12. The zero-order valence-corrected chi connectivity index (χ0v) is 7.47. The molecule has 0 fully saturated rings. The summed E-state index contributed by atoms with van der Waals surface area (Å²) in [5, 5.41) is 6.98. The number of carbonyl (C=O) groups excluding carboxylic acids is 1. The highest BCUT2D eigenvalue weighted by Crippen LogP contribution is 2.04. The molecular formula is C6H13N3O2S. The first-order valence-corrected chi connectivity index (χ1v) is 4.47. The van der Waals surface area contributed by atoms with Crippen LogP contribution in [0.15, 0.2) is 0 Å². The summed E-state index contributed by atoms with van der Waals surface area (Å²) in [6.07, 6.45) is 0.841. The maximum Gasteiger partial charge on any atom is 0.294 e. The molecule has 0 heterocycles. The molecule has 0 bridgehead atoms. The maximum absolute atomic E-state index is 9.79. The predicted octanol–water partition coefficient (Wildman–Crippen LogP) is -0.149. The van der Waals surface area contributed by atoms with Crippen LogP contribution in [0.1, 0.15) is 12.8 Å². The van der Waals surface area contributed by atoms with E-state index in [4.69, 9.17) is 16.9 Å². The van der Waals surface area contributed by atoms with E-state index < -0.39 is 6.23 Å². The van der Waals surface area contributed by atoms with E-state index in [9.17, 15) is 4.79 Å². The minimum Gasteiger partial charge on any atom is -0.449 e. The molecule has 6 heteroatoms. The lowest BCUT2D eigenvalue weighted by molar-refractivity contribution is -0.133. The highest BCUT2D eigenvalue weighted by atomic mass is 32.2. The number of hydrogen-bond donors (Lipinski definition) is 3. The van der Waals surface area contributed by atoms with E-state index in [0.29, 0.717) is 12.9 Å². The molecule has 0 aliphatic rings. The molecule has 0 saturated carbocycles. The maximum atomic E-state index is 9.79. The second-order valence-electron chi connectivity index (χ2n) is 2.13. The summed E-state index contributed by atoms with van der Waals surface area (Å²) in [4.78, 5) is 9.79. The SMILES string of the molecule is N=C(N)SCCCC(N)OC=O. The average Bonchev–Trinajstić information content (AvgIpc) is 1.98. The first kappa shape index (κ1) is 11.2. The van der Waals surface area contributed by atoms with Gasteiger partial charge in [0, 0.05) is 5.75 Å². The molecule has 12 heavy (non-hydrogen) atoms. The van der Waals surface area contributed by atoms with Gasteiger partial charge in [-0.05, 0) is 12.8 Å². The second-order valence-corrected chi connectivity index (χ2v) is 3.26. The Bertz CT molecular complexity index is 154. The average molecular weight is 191 g/mol. The van der Waals surface area contributed by atoms with E-state index in [-0.39, 0.29) is 5.17 Å². The number of nitrogens with two attached hydrogens (primary N) is 2. The fourth-order valence-corrected chi connectivity index (χ4v) is 1.14. The van der Waals surface area contributed by atoms with Gasteiger partial charge in [0.05, 0.1) is 0 Å². The summed E-state index contributed by atoms with van der Waals surface area (Å²) in [6, 6.07) is 0. The molecule has 1 unspecified atom stereocenters. The van der Waals surface area contributed by atoms with E-state index >= 15 is 0 Å². The van der Waals surface area contributed by atoms with Crippen LogP contribution in [0.2, 0.25) is 0 Å². The minimum atomic E-state index is -0.532. The Labute approximate surface area is 75.3 Å². The summed E-state index contributed by atoms with van der Waals surface area (Å²) >= 11 is 1.25. The molecule has 0 aliphatic carbocycles. The van der Waals surface area contributed by atoms with Gasteiger partial charge < -0.3 is 10.5 Å². The Balaban J connectivity index is 3.18. The van der Waals surface area contributed by atoms with Crippen molar-refractivity contribution < 1.29 is 9.53 Å². The zero-order valence-electron chi connectivity index (χ0n) is 6.66. The number of carbonyl (C=O) groups is 1. The molecule has 0 aromatic carbocycles. The van der Waals surface area contributed by atoms with E-state index in [2.05, 4.69) is 4.74 Å². The molecule has 0 radical (unpaired) electrons. The quantitative estimate of drug-likeness (QED) is 0.178. The molecule has 0 rings (SSSR count). The third kappa shape index (κ3) is 7.36. The van der Waals surface area contributed by atoms with Crippen LogP contribution in [0.3, 0.4) is 0 Å². The van der Waals surface area contributed by atoms with Crippen LogP contribution in [0, 0.1) is 5.41 Å². The number of ether oxygens (including phenoxy) is 1. The molecule has 0 aromatic rings. The third-order valence-corrected chi connectivity index (χ3v) is 1.92. The van der Waals surface area contributed by atoms with Gasteiger partial charge in [-0.3, -0.25) is 15.9 Å². The minimum absolute atomic E-state index is 0.0971. The van der Waals surface area contributed by atoms with Crippen molar-refractivity contribution in [3.8, 4) is 0 Å². The normalized spacial score (nSPS) is 12.1. The second kappa shape index (κ2) is 6.93. The number of rotatable bonds is 6. The Hall–Kier alpha value is -0.750. The van der Waals surface area contributed by atoms with E-state index in [1.54, 1.807) is 0 Å². The molecule has 5 N–H and O–H groups in total. The van der Waals surface area contributed by atoms with Crippen molar-refractivity contribution in [3.05, 3.63) is 0 Å². The van der Waals surface area contributed by atoms with Crippen molar-refractivity contribution in [1.82, 2.24) is 0 Å². The summed E-state index contributed by atoms with van der Waals surface area (Å²) in [6.45, 7) is 0.336. The fourth-order valence-electron chi connectivity index (χ4n) is 0.606. The zero-order chi connectivity index (χ0) is 9.40. The van der Waals surface area contributed by atoms with Crippen LogP contribution in [-0.4, -0.2) is 23.6 Å². The Morgan fingerprint density at radius 1 is 1.75 bits per heavy atom. The van der Waals surface area contributed by atoms with Crippen LogP contribution < -0.4 is 11.5 Å². The van der Waals surface area contributed by atoms with E-state index in [1.807, 2.05) is 0 Å². The smallest absolute Gasteiger partial charge is 0.294 e. The van der Waals surface area contributed by atoms with E-state index in [1.165, 1.54) is 11.8 Å². The summed E-state index contributed by atoms with van der Waals surface area (Å²) in [5.74, 6) is 0.727. The van der Waals surface area contributed by atoms with Gasteiger partial charge in [0.1, 0.15) is 0 Å². The van der Waals surface area contributed by atoms with Crippen LogP contribution in [0.25, 0.3) is 0 Å². The van der Waals surface area contributed by atoms with Crippen LogP contribution in [0.5, 0.6) is 0 Å². The van der Waals surface area contributed by atoms with Crippen molar-refractivity contribution in [3.63, 3.8) is 0 Å². The number of nitrogens with one attached hydrogen (secondary N) is 1. The molecule has 0 aromatic heterocycles. The predicted molar refractivity (Wildman–Crippen MR) is 48.7 cm³/mol. The number of amidine groups is 1. The van der Waals surface area contributed by atoms with Gasteiger partial charge in [0.25, 0.3) is 6.47 Å². The summed E-state index contributed by atoms with van der Waals surface area (Å²) < 4.78 is 4.45. The van der Waals surface area contributed by atoms with Gasteiger partial charge in [-0.2, -0.15) is 0 Å². The Kier molecular flexibility index (Phi) is 6.50. The molecule has 0 aliphatic heterocycles. The molecule has 0 saturated heterocycles. The van der Waals surface area contributed by atoms with Crippen LogP contribution in [-0.2, 0) is 9.53 Å². The van der Waals surface area contributed by atoms with Crippen molar-refractivity contribution in [1.29, 1.82) is 5.41 Å². The first-order chi connectivity index (χ1) is 5.66. The largest absolute Gasteiger partial charge is 0.449 e.